The summed E-state index contributed by atoms with van der Waals surface area (Å²) in [4.78, 5) is 8.95. The van der Waals surface area contributed by atoms with Crippen LogP contribution in [0.5, 0.6) is 0 Å². The quantitative estimate of drug-likeness (QED) is 0.301. The Bertz CT molecular complexity index is 1310. The molecule has 0 aliphatic heterocycles. The molecule has 0 bridgehead atoms. The van der Waals surface area contributed by atoms with Gasteiger partial charge in [0.2, 0.25) is 5.28 Å². The van der Waals surface area contributed by atoms with E-state index in [4.69, 9.17) is 11.6 Å². The van der Waals surface area contributed by atoms with Gasteiger partial charge in [-0.3, -0.25) is 0 Å². The van der Waals surface area contributed by atoms with Crippen LogP contribution in [0.15, 0.2) is 103 Å². The molecule has 0 atom stereocenters. The third-order valence-corrected chi connectivity index (χ3v) is 5.18. The van der Waals surface area contributed by atoms with E-state index in [2.05, 4.69) is 70.6 Å². The third-order valence-electron chi connectivity index (χ3n) is 5.01. The lowest BCUT2D eigenvalue weighted by molar-refractivity contribution is 1.18. The Balaban J connectivity index is 1.59. The first-order valence-corrected chi connectivity index (χ1v) is 9.84. The van der Waals surface area contributed by atoms with E-state index < -0.39 is 0 Å². The van der Waals surface area contributed by atoms with Crippen molar-refractivity contribution in [3.63, 3.8) is 0 Å². The molecule has 1 aromatic heterocycles. The number of fused-ring (bicyclic) bond motifs is 1. The molecule has 4 aromatic carbocycles. The van der Waals surface area contributed by atoms with Crippen LogP contribution in [0.1, 0.15) is 0 Å². The second kappa shape index (κ2) is 7.50. The van der Waals surface area contributed by atoms with Gasteiger partial charge >= 0.3 is 0 Å². The summed E-state index contributed by atoms with van der Waals surface area (Å²) in [6.45, 7) is 0. The van der Waals surface area contributed by atoms with Crippen LogP contribution in [0.2, 0.25) is 5.28 Å². The number of aromatic nitrogens is 2. The largest absolute Gasteiger partial charge is 0.223 e. The zero-order valence-corrected chi connectivity index (χ0v) is 16.3. The van der Waals surface area contributed by atoms with E-state index in [1.165, 1.54) is 16.3 Å². The summed E-state index contributed by atoms with van der Waals surface area (Å²) in [6.07, 6.45) is 0. The Morgan fingerprint density at radius 1 is 0.448 bits per heavy atom. The minimum absolute atomic E-state index is 0.246. The van der Waals surface area contributed by atoms with E-state index in [0.29, 0.717) is 0 Å². The van der Waals surface area contributed by atoms with Crippen molar-refractivity contribution in [1.29, 1.82) is 0 Å². The number of hydrogen-bond acceptors (Lipinski definition) is 2. The average molecular weight is 393 g/mol. The van der Waals surface area contributed by atoms with Gasteiger partial charge in [0.15, 0.2) is 0 Å². The van der Waals surface area contributed by atoms with Gasteiger partial charge in [-0.2, -0.15) is 0 Å². The number of benzene rings is 4. The van der Waals surface area contributed by atoms with Crippen molar-refractivity contribution in [2.24, 2.45) is 0 Å². The second-order valence-electron chi connectivity index (χ2n) is 6.92. The van der Waals surface area contributed by atoms with Gasteiger partial charge in [0, 0.05) is 11.1 Å². The lowest BCUT2D eigenvalue weighted by atomic mass is 10.0. The Morgan fingerprint density at radius 2 is 1.07 bits per heavy atom. The molecule has 1 heterocycles. The van der Waals surface area contributed by atoms with Gasteiger partial charge in [-0.05, 0) is 51.7 Å². The lowest BCUT2D eigenvalue weighted by Crippen LogP contribution is -1.92. The molecule has 0 N–H and O–H groups in total. The normalized spacial score (nSPS) is 10.9. The Hall–Kier alpha value is -3.49. The molecule has 0 fully saturated rings. The maximum absolute atomic E-state index is 6.30. The summed E-state index contributed by atoms with van der Waals surface area (Å²) in [6, 6.07) is 35.3. The van der Waals surface area contributed by atoms with Crippen molar-refractivity contribution in [3.8, 4) is 33.6 Å². The highest BCUT2D eigenvalue weighted by molar-refractivity contribution is 6.28. The fraction of sp³-hybridized carbons (Fsp3) is 0. The zero-order chi connectivity index (χ0) is 19.6. The summed E-state index contributed by atoms with van der Waals surface area (Å²) in [5, 5.41) is 2.62. The molecule has 0 aliphatic carbocycles. The number of rotatable bonds is 3. The molecule has 0 radical (unpaired) electrons. The van der Waals surface area contributed by atoms with E-state index in [1.54, 1.807) is 0 Å². The third kappa shape index (κ3) is 3.63. The monoisotopic (exact) mass is 392 g/mol. The minimum atomic E-state index is 0.246. The standard InChI is InChI=1S/C26H17ClN2/c27-26-28-24(22-12-6-11-21(15-22)18-7-2-1-3-8-18)17-25(29-26)23-14-13-19-9-4-5-10-20(19)16-23/h1-17H. The molecule has 0 saturated heterocycles. The second-order valence-corrected chi connectivity index (χ2v) is 7.25. The fourth-order valence-corrected chi connectivity index (χ4v) is 3.73. The van der Waals surface area contributed by atoms with Crippen LogP contribution in [-0.4, -0.2) is 9.97 Å². The summed E-state index contributed by atoms with van der Waals surface area (Å²) < 4.78 is 0. The smallest absolute Gasteiger partial charge is 0.218 e. The molecule has 3 heteroatoms. The SMILES string of the molecule is Clc1nc(-c2cccc(-c3ccccc3)c2)cc(-c2ccc3ccccc3c2)n1. The first-order valence-electron chi connectivity index (χ1n) is 9.46. The first kappa shape index (κ1) is 17.6. The highest BCUT2D eigenvalue weighted by Crippen LogP contribution is 2.30. The Morgan fingerprint density at radius 3 is 1.86 bits per heavy atom. The molecule has 2 nitrogen and oxygen atoms in total. The zero-order valence-electron chi connectivity index (χ0n) is 15.6. The summed E-state index contributed by atoms with van der Waals surface area (Å²) in [5.41, 5.74) is 5.97. The van der Waals surface area contributed by atoms with Crippen LogP contribution in [0.3, 0.4) is 0 Å². The predicted octanol–water partition coefficient (Wildman–Crippen LogP) is 7.28. The highest BCUT2D eigenvalue weighted by Gasteiger charge is 2.09. The molecule has 5 aromatic rings. The maximum Gasteiger partial charge on any atom is 0.223 e. The van der Waals surface area contributed by atoms with Crippen molar-refractivity contribution in [2.45, 2.75) is 0 Å². The fourth-order valence-electron chi connectivity index (χ4n) is 3.55. The number of nitrogens with zero attached hydrogens (tertiary/aromatic N) is 2. The molecular formula is C26H17ClN2. The van der Waals surface area contributed by atoms with E-state index in [9.17, 15) is 0 Å². The predicted molar refractivity (Wildman–Crippen MR) is 121 cm³/mol. The van der Waals surface area contributed by atoms with E-state index in [-0.39, 0.29) is 5.28 Å². The van der Waals surface area contributed by atoms with Crippen LogP contribution < -0.4 is 0 Å². The average Bonchev–Trinajstić information content (AvgIpc) is 2.79. The molecule has 0 unspecified atom stereocenters. The molecule has 0 spiro atoms. The molecule has 0 amide bonds. The van der Waals surface area contributed by atoms with E-state index >= 15 is 0 Å². The Labute approximate surface area is 174 Å². The summed E-state index contributed by atoms with van der Waals surface area (Å²) in [7, 11) is 0. The van der Waals surface area contributed by atoms with Crippen molar-refractivity contribution >= 4 is 22.4 Å². The highest BCUT2D eigenvalue weighted by atomic mass is 35.5. The van der Waals surface area contributed by atoms with Gasteiger partial charge in [-0.15, -0.1) is 0 Å². The molecule has 0 saturated carbocycles. The molecule has 29 heavy (non-hydrogen) atoms. The van der Waals surface area contributed by atoms with Gasteiger partial charge in [0.25, 0.3) is 0 Å². The van der Waals surface area contributed by atoms with E-state index in [1.807, 2.05) is 42.5 Å². The van der Waals surface area contributed by atoms with Gasteiger partial charge in [-0.25, -0.2) is 9.97 Å². The van der Waals surface area contributed by atoms with Crippen LogP contribution >= 0.6 is 11.6 Å². The van der Waals surface area contributed by atoms with Gasteiger partial charge < -0.3 is 0 Å². The van der Waals surface area contributed by atoms with Gasteiger partial charge in [0.1, 0.15) is 0 Å². The summed E-state index contributed by atoms with van der Waals surface area (Å²) >= 11 is 6.30. The van der Waals surface area contributed by atoms with Crippen LogP contribution in [0.4, 0.5) is 0 Å². The number of halogens is 1. The Kier molecular flexibility index (Phi) is 4.55. The van der Waals surface area contributed by atoms with Crippen molar-refractivity contribution < 1.29 is 0 Å². The molecule has 0 aliphatic rings. The van der Waals surface area contributed by atoms with Gasteiger partial charge in [0.05, 0.1) is 11.4 Å². The lowest BCUT2D eigenvalue weighted by Gasteiger charge is -2.09. The van der Waals surface area contributed by atoms with Crippen molar-refractivity contribution in [1.82, 2.24) is 9.97 Å². The molecule has 5 rings (SSSR count). The first-order chi connectivity index (χ1) is 14.3. The topological polar surface area (TPSA) is 25.8 Å². The number of hydrogen-bond donors (Lipinski definition) is 0. The summed E-state index contributed by atoms with van der Waals surface area (Å²) in [5.74, 6) is 0. The molecule has 138 valence electrons. The maximum atomic E-state index is 6.30. The van der Waals surface area contributed by atoms with Crippen molar-refractivity contribution in [3.05, 3.63) is 108 Å². The minimum Gasteiger partial charge on any atom is -0.218 e. The van der Waals surface area contributed by atoms with E-state index in [0.717, 1.165) is 28.1 Å². The van der Waals surface area contributed by atoms with Crippen LogP contribution in [0.25, 0.3) is 44.4 Å². The molecular weight excluding hydrogens is 376 g/mol. The van der Waals surface area contributed by atoms with Crippen LogP contribution in [-0.2, 0) is 0 Å². The van der Waals surface area contributed by atoms with Crippen molar-refractivity contribution in [2.75, 3.05) is 0 Å². The van der Waals surface area contributed by atoms with Crippen LogP contribution in [0, 0.1) is 0 Å². The van der Waals surface area contributed by atoms with Gasteiger partial charge in [-0.1, -0.05) is 84.9 Å².